The van der Waals surface area contributed by atoms with Crippen LogP contribution in [0.15, 0.2) is 24.3 Å². The van der Waals surface area contributed by atoms with Crippen LogP contribution < -0.4 is 10.1 Å². The Hall–Kier alpha value is -1.59. The molecule has 1 saturated heterocycles. The van der Waals surface area contributed by atoms with Crippen molar-refractivity contribution in [2.45, 2.75) is 57.6 Å². The van der Waals surface area contributed by atoms with Crippen molar-refractivity contribution in [2.24, 2.45) is 5.92 Å². The molecule has 1 unspecified atom stereocenters. The molecule has 27 heavy (non-hydrogen) atoms. The molecule has 0 radical (unpaired) electrons. The molecule has 150 valence electrons. The summed E-state index contributed by atoms with van der Waals surface area (Å²) in [6.45, 7) is 3.61. The summed E-state index contributed by atoms with van der Waals surface area (Å²) < 4.78 is 11.1. The third-order valence-corrected chi connectivity index (χ3v) is 5.71. The summed E-state index contributed by atoms with van der Waals surface area (Å²) in [6.07, 6.45) is 8.90. The maximum absolute atomic E-state index is 12.6. The van der Waals surface area contributed by atoms with E-state index in [1.54, 1.807) is 7.11 Å². The van der Waals surface area contributed by atoms with Crippen LogP contribution in [0.1, 0.15) is 50.5 Å². The number of ether oxygens (including phenoxy) is 2. The third kappa shape index (κ3) is 6.82. The van der Waals surface area contributed by atoms with Crippen LogP contribution in [-0.4, -0.2) is 50.3 Å². The van der Waals surface area contributed by atoms with Crippen molar-refractivity contribution < 1.29 is 14.3 Å². The Balaban J connectivity index is 1.54. The lowest BCUT2D eigenvalue weighted by molar-refractivity contribution is -0.123. The first-order valence-corrected chi connectivity index (χ1v) is 10.5. The number of amides is 1. The number of nitrogens with one attached hydrogen (secondary N) is 1. The van der Waals surface area contributed by atoms with Crippen molar-refractivity contribution in [1.82, 2.24) is 10.2 Å². The molecule has 0 spiro atoms. The van der Waals surface area contributed by atoms with Crippen LogP contribution in [0, 0.1) is 5.92 Å². The fraction of sp³-hybridized carbons (Fsp3) is 0.682. The molecule has 3 rings (SSSR count). The van der Waals surface area contributed by atoms with Crippen molar-refractivity contribution >= 4 is 5.91 Å². The van der Waals surface area contributed by atoms with Crippen LogP contribution in [-0.2, 0) is 16.1 Å². The van der Waals surface area contributed by atoms with Crippen LogP contribution in [0.5, 0.6) is 5.75 Å². The van der Waals surface area contributed by atoms with Gasteiger partial charge in [-0.05, 0) is 49.3 Å². The highest BCUT2D eigenvalue weighted by Crippen LogP contribution is 2.23. The van der Waals surface area contributed by atoms with Crippen molar-refractivity contribution in [3.63, 3.8) is 0 Å². The van der Waals surface area contributed by atoms with Gasteiger partial charge in [0.05, 0.1) is 19.8 Å². The average Bonchev–Trinajstić information content (AvgIpc) is 3.20. The first kappa shape index (κ1) is 20.2. The molecule has 1 heterocycles. The minimum absolute atomic E-state index is 0.126. The maximum Gasteiger partial charge on any atom is 0.234 e. The number of hydrogen-bond donors (Lipinski definition) is 1. The lowest BCUT2D eigenvalue weighted by atomic mass is 9.89. The molecule has 2 aliphatic rings. The molecule has 1 aliphatic heterocycles. The minimum atomic E-state index is 0.126. The molecule has 1 aliphatic carbocycles. The van der Waals surface area contributed by atoms with E-state index in [1.807, 2.05) is 18.2 Å². The zero-order valence-electron chi connectivity index (χ0n) is 16.6. The van der Waals surface area contributed by atoms with E-state index in [0.29, 0.717) is 12.5 Å². The number of nitrogens with zero attached hydrogens (tertiary/aromatic N) is 1. The summed E-state index contributed by atoms with van der Waals surface area (Å²) in [5.41, 5.74) is 1.16. The summed E-state index contributed by atoms with van der Waals surface area (Å²) in [5.74, 6) is 1.64. The number of hydrogen-bond acceptors (Lipinski definition) is 4. The molecule has 2 fully saturated rings. The van der Waals surface area contributed by atoms with Gasteiger partial charge >= 0.3 is 0 Å². The highest BCUT2D eigenvalue weighted by molar-refractivity contribution is 5.78. The monoisotopic (exact) mass is 374 g/mol. The van der Waals surface area contributed by atoms with Gasteiger partial charge in [-0.15, -0.1) is 0 Å². The Morgan fingerprint density at radius 1 is 1.22 bits per heavy atom. The number of benzene rings is 1. The summed E-state index contributed by atoms with van der Waals surface area (Å²) in [5, 5.41) is 3.17. The fourth-order valence-corrected chi connectivity index (χ4v) is 4.20. The zero-order chi connectivity index (χ0) is 18.9. The van der Waals surface area contributed by atoms with Crippen LogP contribution in [0.3, 0.4) is 0 Å². The number of carbonyl (C=O) groups excluding carboxylic acids is 1. The van der Waals surface area contributed by atoms with Crippen LogP contribution >= 0.6 is 0 Å². The van der Waals surface area contributed by atoms with Gasteiger partial charge in [-0.1, -0.05) is 31.4 Å². The first-order chi connectivity index (χ1) is 13.2. The molecule has 1 N–H and O–H groups in total. The van der Waals surface area contributed by atoms with E-state index in [9.17, 15) is 4.79 Å². The predicted molar refractivity (Wildman–Crippen MR) is 107 cm³/mol. The molecular weight excluding hydrogens is 340 g/mol. The summed E-state index contributed by atoms with van der Waals surface area (Å²) in [7, 11) is 1.68. The van der Waals surface area contributed by atoms with Gasteiger partial charge < -0.3 is 14.8 Å². The Morgan fingerprint density at radius 3 is 2.81 bits per heavy atom. The van der Waals surface area contributed by atoms with Gasteiger partial charge in [-0.25, -0.2) is 0 Å². The van der Waals surface area contributed by atoms with E-state index >= 15 is 0 Å². The maximum atomic E-state index is 12.6. The molecule has 5 heteroatoms. The molecule has 5 nitrogen and oxygen atoms in total. The van der Waals surface area contributed by atoms with Crippen molar-refractivity contribution in [1.29, 1.82) is 0 Å². The highest BCUT2D eigenvalue weighted by atomic mass is 16.5. The molecule has 1 saturated carbocycles. The van der Waals surface area contributed by atoms with Crippen LogP contribution in [0.25, 0.3) is 0 Å². The zero-order valence-corrected chi connectivity index (χ0v) is 16.6. The van der Waals surface area contributed by atoms with Gasteiger partial charge in [0.2, 0.25) is 5.91 Å². The lowest BCUT2D eigenvalue weighted by Gasteiger charge is -2.26. The van der Waals surface area contributed by atoms with E-state index in [1.165, 1.54) is 32.1 Å². The normalized spacial score (nSPS) is 20.7. The number of rotatable bonds is 9. The molecule has 1 aromatic rings. The van der Waals surface area contributed by atoms with Gasteiger partial charge in [0.1, 0.15) is 5.75 Å². The standard InChI is InChI=1S/C22H34N2O3/c1-26-20-10-5-9-19(13-20)15-24(16-21-11-6-12-27-21)17-22(25)23-14-18-7-3-2-4-8-18/h5,9-10,13,18,21H,2-4,6-8,11-12,14-17H2,1H3,(H,23,25). The minimum Gasteiger partial charge on any atom is -0.497 e. The summed E-state index contributed by atoms with van der Waals surface area (Å²) in [6, 6.07) is 8.08. The fourth-order valence-electron chi connectivity index (χ4n) is 4.20. The smallest absolute Gasteiger partial charge is 0.234 e. The topological polar surface area (TPSA) is 50.8 Å². The quantitative estimate of drug-likeness (QED) is 0.720. The van der Waals surface area contributed by atoms with Crippen molar-refractivity contribution in [3.05, 3.63) is 29.8 Å². The third-order valence-electron chi connectivity index (χ3n) is 5.71. The van der Waals surface area contributed by atoms with Gasteiger partial charge in [0.15, 0.2) is 0 Å². The van der Waals surface area contributed by atoms with Crippen LogP contribution in [0.2, 0.25) is 0 Å². The van der Waals surface area contributed by atoms with E-state index in [4.69, 9.17) is 9.47 Å². The van der Waals surface area contributed by atoms with Gasteiger partial charge in [0, 0.05) is 26.2 Å². The summed E-state index contributed by atoms with van der Waals surface area (Å²) in [4.78, 5) is 14.8. The van der Waals surface area contributed by atoms with Crippen LogP contribution in [0.4, 0.5) is 0 Å². The predicted octanol–water partition coefficient (Wildman–Crippen LogP) is 3.37. The molecule has 0 aromatic heterocycles. The van der Waals surface area contributed by atoms with Crippen molar-refractivity contribution in [2.75, 3.05) is 33.4 Å². The molecular formula is C22H34N2O3. The SMILES string of the molecule is COc1cccc(CN(CC(=O)NCC2CCCCC2)CC2CCCO2)c1. The van der Waals surface area contributed by atoms with E-state index in [0.717, 1.165) is 50.4 Å². The largest absolute Gasteiger partial charge is 0.497 e. The van der Waals surface area contributed by atoms with Gasteiger partial charge in [-0.3, -0.25) is 9.69 Å². The van der Waals surface area contributed by atoms with Gasteiger partial charge in [0.25, 0.3) is 0 Å². The number of methoxy groups -OCH3 is 1. The molecule has 1 aromatic carbocycles. The Bertz CT molecular complexity index is 581. The van der Waals surface area contributed by atoms with E-state index in [2.05, 4.69) is 16.3 Å². The Kier molecular flexibility index (Phi) is 7.96. The second-order valence-electron chi connectivity index (χ2n) is 7.96. The first-order valence-electron chi connectivity index (χ1n) is 10.5. The van der Waals surface area contributed by atoms with Gasteiger partial charge in [-0.2, -0.15) is 0 Å². The number of carbonyl (C=O) groups is 1. The summed E-state index contributed by atoms with van der Waals surface area (Å²) >= 11 is 0. The van der Waals surface area contributed by atoms with E-state index in [-0.39, 0.29) is 12.0 Å². The Morgan fingerprint density at radius 2 is 2.07 bits per heavy atom. The molecule has 1 amide bonds. The van der Waals surface area contributed by atoms with E-state index < -0.39 is 0 Å². The second-order valence-corrected chi connectivity index (χ2v) is 7.96. The molecule has 0 bridgehead atoms. The molecule has 1 atom stereocenters. The lowest BCUT2D eigenvalue weighted by Crippen LogP contribution is -2.41. The average molecular weight is 375 g/mol. The second kappa shape index (κ2) is 10.7. The van der Waals surface area contributed by atoms with Crippen molar-refractivity contribution in [3.8, 4) is 5.75 Å². The highest BCUT2D eigenvalue weighted by Gasteiger charge is 2.22. The Labute approximate surface area is 163 Å².